The molecule has 24 heavy (non-hydrogen) atoms. The minimum Gasteiger partial charge on any atom is -0.465 e. The summed E-state index contributed by atoms with van der Waals surface area (Å²) >= 11 is 0. The van der Waals surface area contributed by atoms with Gasteiger partial charge in [0, 0.05) is 5.56 Å². The van der Waals surface area contributed by atoms with Crippen molar-refractivity contribution >= 4 is 33.2 Å². The van der Waals surface area contributed by atoms with Gasteiger partial charge in [-0.1, -0.05) is 53.7 Å². The van der Waals surface area contributed by atoms with Crippen LogP contribution in [-0.2, 0) is 14.4 Å². The van der Waals surface area contributed by atoms with Crippen molar-refractivity contribution in [3.63, 3.8) is 0 Å². The molecule has 0 aromatic heterocycles. The monoisotopic (exact) mass is 319 g/mol. The second-order valence-corrected chi connectivity index (χ2v) is 5.77. The van der Waals surface area contributed by atoms with Gasteiger partial charge in [-0.25, -0.2) is 0 Å². The number of fused-ring (bicyclic) bond motifs is 2. The molecule has 4 nitrogen and oxygen atoms in total. The van der Waals surface area contributed by atoms with E-state index in [4.69, 9.17) is 9.57 Å². The van der Waals surface area contributed by atoms with Gasteiger partial charge in [0.2, 0.25) is 0 Å². The molecule has 3 aromatic rings. The molecule has 0 spiro atoms. The topological polar surface area (TPSA) is 47.9 Å². The highest BCUT2D eigenvalue weighted by atomic mass is 16.6. The fourth-order valence-electron chi connectivity index (χ4n) is 3.26. The average molecular weight is 319 g/mol. The zero-order valence-corrected chi connectivity index (χ0v) is 13.4. The van der Waals surface area contributed by atoms with E-state index < -0.39 is 5.92 Å². The predicted octanol–water partition coefficient (Wildman–Crippen LogP) is 3.91. The van der Waals surface area contributed by atoms with Crippen LogP contribution < -0.4 is 0 Å². The van der Waals surface area contributed by atoms with Crippen LogP contribution in [0.15, 0.2) is 59.8 Å². The molecule has 4 heteroatoms. The number of carbonyl (C=O) groups excluding carboxylic acids is 1. The first-order chi connectivity index (χ1) is 11.8. The highest BCUT2D eigenvalue weighted by Gasteiger charge is 2.34. The Bertz CT molecular complexity index is 907. The van der Waals surface area contributed by atoms with E-state index in [-0.39, 0.29) is 12.6 Å². The van der Waals surface area contributed by atoms with Gasteiger partial charge in [-0.05, 0) is 34.5 Å². The van der Waals surface area contributed by atoms with Gasteiger partial charge in [0.15, 0.2) is 0 Å². The van der Waals surface area contributed by atoms with Crippen LogP contribution in [-0.4, -0.2) is 24.9 Å². The van der Waals surface area contributed by atoms with E-state index in [2.05, 4.69) is 35.5 Å². The van der Waals surface area contributed by atoms with Crippen LogP contribution >= 0.6 is 0 Å². The van der Waals surface area contributed by atoms with Crippen LogP contribution in [0, 0.1) is 5.92 Å². The van der Waals surface area contributed by atoms with Gasteiger partial charge in [0.25, 0.3) is 0 Å². The molecule has 0 radical (unpaired) electrons. The van der Waals surface area contributed by atoms with E-state index >= 15 is 0 Å². The summed E-state index contributed by atoms with van der Waals surface area (Å²) in [5, 5.41) is 8.56. The van der Waals surface area contributed by atoms with Crippen LogP contribution in [0.25, 0.3) is 21.5 Å². The van der Waals surface area contributed by atoms with E-state index in [9.17, 15) is 4.79 Å². The van der Waals surface area contributed by atoms with Crippen molar-refractivity contribution in [2.24, 2.45) is 11.1 Å². The molecule has 1 unspecified atom stereocenters. The highest BCUT2D eigenvalue weighted by molar-refractivity contribution is 6.25. The van der Waals surface area contributed by atoms with Crippen molar-refractivity contribution < 1.29 is 14.4 Å². The van der Waals surface area contributed by atoms with Crippen molar-refractivity contribution in [2.45, 2.75) is 6.92 Å². The van der Waals surface area contributed by atoms with Crippen molar-refractivity contribution in [2.75, 3.05) is 13.2 Å². The first-order valence-corrected chi connectivity index (χ1v) is 8.07. The summed E-state index contributed by atoms with van der Waals surface area (Å²) in [5.41, 5.74) is 1.61. The molecular weight excluding hydrogens is 302 g/mol. The van der Waals surface area contributed by atoms with Gasteiger partial charge in [0.1, 0.15) is 18.2 Å². The smallest absolute Gasteiger partial charge is 0.318 e. The van der Waals surface area contributed by atoms with Gasteiger partial charge < -0.3 is 9.57 Å². The zero-order chi connectivity index (χ0) is 16.5. The number of hydrogen-bond donors (Lipinski definition) is 0. The van der Waals surface area contributed by atoms with Crippen molar-refractivity contribution in [1.29, 1.82) is 0 Å². The molecular formula is C20H17NO3. The number of carbonyl (C=O) groups is 1. The Morgan fingerprint density at radius 2 is 1.75 bits per heavy atom. The average Bonchev–Trinajstić information content (AvgIpc) is 3.09. The third kappa shape index (κ3) is 2.31. The Labute approximate surface area is 139 Å². The number of ether oxygens (including phenoxy) is 1. The lowest BCUT2D eigenvalue weighted by atomic mass is 9.89. The molecule has 0 bridgehead atoms. The number of benzene rings is 3. The van der Waals surface area contributed by atoms with Crippen LogP contribution in [0.4, 0.5) is 0 Å². The molecule has 3 aromatic carbocycles. The number of esters is 1. The van der Waals surface area contributed by atoms with Crippen LogP contribution in [0.1, 0.15) is 12.5 Å². The Morgan fingerprint density at radius 1 is 1.12 bits per heavy atom. The second kappa shape index (κ2) is 5.96. The van der Waals surface area contributed by atoms with Crippen molar-refractivity contribution in [3.05, 3.63) is 60.2 Å². The summed E-state index contributed by atoms with van der Waals surface area (Å²) in [7, 11) is 0. The van der Waals surface area contributed by atoms with Crippen LogP contribution in [0.3, 0.4) is 0 Å². The third-order valence-electron chi connectivity index (χ3n) is 4.33. The third-order valence-corrected chi connectivity index (χ3v) is 4.33. The standard InChI is InChI=1S/C20H17NO3/c1-2-23-20(22)17-12-24-21-19(17)18-15-9-5-3-7-13(15)11-14-8-4-6-10-16(14)18/h3-11,17H,2,12H2,1H3. The molecule has 0 N–H and O–H groups in total. The van der Waals surface area contributed by atoms with E-state index in [0.717, 1.165) is 27.1 Å². The Kier molecular flexibility index (Phi) is 3.65. The van der Waals surface area contributed by atoms with E-state index in [1.807, 2.05) is 24.3 Å². The summed E-state index contributed by atoms with van der Waals surface area (Å²) in [5.74, 6) is -0.773. The maximum absolute atomic E-state index is 12.3. The lowest BCUT2D eigenvalue weighted by Crippen LogP contribution is -2.26. The fourth-order valence-corrected chi connectivity index (χ4v) is 3.26. The molecule has 0 saturated heterocycles. The first-order valence-electron chi connectivity index (χ1n) is 8.07. The number of hydrogen-bond acceptors (Lipinski definition) is 4. The van der Waals surface area contributed by atoms with Gasteiger partial charge in [-0.3, -0.25) is 4.79 Å². The molecule has 1 aliphatic rings. The molecule has 0 aliphatic carbocycles. The quantitative estimate of drug-likeness (QED) is 0.543. The lowest BCUT2D eigenvalue weighted by Gasteiger charge is -2.14. The molecule has 0 saturated carbocycles. The normalized spacial score (nSPS) is 16.9. The number of oxime groups is 1. The molecule has 120 valence electrons. The van der Waals surface area contributed by atoms with Crippen LogP contribution in [0.2, 0.25) is 0 Å². The lowest BCUT2D eigenvalue weighted by molar-refractivity contribution is -0.146. The van der Waals surface area contributed by atoms with Crippen molar-refractivity contribution in [1.82, 2.24) is 0 Å². The maximum atomic E-state index is 12.3. The molecule has 1 heterocycles. The molecule has 4 rings (SSSR count). The summed E-state index contributed by atoms with van der Waals surface area (Å²) in [6.45, 7) is 2.38. The van der Waals surface area contributed by atoms with Gasteiger partial charge in [0.05, 0.1) is 6.61 Å². The van der Waals surface area contributed by atoms with Gasteiger partial charge >= 0.3 is 5.97 Å². The number of nitrogens with zero attached hydrogens (tertiary/aromatic N) is 1. The largest absolute Gasteiger partial charge is 0.465 e. The Morgan fingerprint density at radius 3 is 2.38 bits per heavy atom. The molecule has 1 aliphatic heterocycles. The minimum atomic E-state index is -0.487. The molecule has 0 amide bonds. The SMILES string of the molecule is CCOC(=O)C1CON=C1c1c2ccccc2cc2ccccc12. The van der Waals surface area contributed by atoms with Gasteiger partial charge in [-0.15, -0.1) is 0 Å². The van der Waals surface area contributed by atoms with E-state index in [1.165, 1.54) is 0 Å². The Hall–Kier alpha value is -2.88. The van der Waals surface area contributed by atoms with E-state index in [1.54, 1.807) is 6.92 Å². The minimum absolute atomic E-state index is 0.228. The van der Waals surface area contributed by atoms with Crippen molar-refractivity contribution in [3.8, 4) is 0 Å². The van der Waals surface area contributed by atoms with Crippen LogP contribution in [0.5, 0.6) is 0 Å². The predicted molar refractivity (Wildman–Crippen MR) is 94.1 cm³/mol. The number of rotatable bonds is 3. The van der Waals surface area contributed by atoms with E-state index in [0.29, 0.717) is 12.3 Å². The maximum Gasteiger partial charge on any atom is 0.318 e. The fraction of sp³-hybridized carbons (Fsp3) is 0.200. The zero-order valence-electron chi connectivity index (χ0n) is 13.4. The Balaban J connectivity index is 1.98. The first kappa shape index (κ1) is 14.7. The summed E-state index contributed by atoms with van der Waals surface area (Å²) in [6.07, 6.45) is 0. The van der Waals surface area contributed by atoms with Gasteiger partial charge in [-0.2, -0.15) is 0 Å². The molecule has 1 atom stereocenters. The summed E-state index contributed by atoms with van der Waals surface area (Å²) < 4.78 is 5.20. The molecule has 0 fully saturated rings. The summed E-state index contributed by atoms with van der Waals surface area (Å²) in [6, 6.07) is 18.4. The summed E-state index contributed by atoms with van der Waals surface area (Å²) in [4.78, 5) is 17.6. The second-order valence-electron chi connectivity index (χ2n) is 5.77. The highest BCUT2D eigenvalue weighted by Crippen LogP contribution is 2.32.